The molecule has 0 aromatic rings. The van der Waals surface area contributed by atoms with Gasteiger partial charge in [-0.25, -0.2) is 4.79 Å². The number of aliphatic imine (C=N–C) groups is 2. The van der Waals surface area contributed by atoms with E-state index >= 15 is 0 Å². The molecular weight excluding hydrogens is 128 g/mol. The Kier molecular flexibility index (Phi) is 1.94. The van der Waals surface area contributed by atoms with Gasteiger partial charge in [0.15, 0.2) is 0 Å². The SMILES string of the molecule is CC(C)CC1=NC(=O)N=C1. The Labute approximate surface area is 59.9 Å². The third-order valence-corrected chi connectivity index (χ3v) is 1.18. The number of rotatable bonds is 2. The number of hydrogen-bond donors (Lipinski definition) is 0. The lowest BCUT2D eigenvalue weighted by atomic mass is 10.1. The topological polar surface area (TPSA) is 41.8 Å². The second-order valence-electron chi connectivity index (χ2n) is 2.74. The van der Waals surface area contributed by atoms with Crippen molar-refractivity contribution in [3.05, 3.63) is 0 Å². The van der Waals surface area contributed by atoms with Gasteiger partial charge in [-0.1, -0.05) is 13.8 Å². The van der Waals surface area contributed by atoms with Crippen LogP contribution in [0.5, 0.6) is 0 Å². The summed E-state index contributed by atoms with van der Waals surface area (Å²) in [5.74, 6) is 0.538. The first-order valence-electron chi connectivity index (χ1n) is 3.34. The Morgan fingerprint density at radius 1 is 1.60 bits per heavy atom. The second-order valence-corrected chi connectivity index (χ2v) is 2.74. The maximum absolute atomic E-state index is 10.4. The van der Waals surface area contributed by atoms with E-state index in [9.17, 15) is 4.79 Å². The van der Waals surface area contributed by atoms with Crippen LogP contribution in [0, 0.1) is 5.92 Å². The summed E-state index contributed by atoms with van der Waals surface area (Å²) in [6.45, 7) is 4.16. The average molecular weight is 138 g/mol. The molecule has 1 aliphatic heterocycles. The zero-order chi connectivity index (χ0) is 7.56. The van der Waals surface area contributed by atoms with Crippen molar-refractivity contribution in [3.63, 3.8) is 0 Å². The lowest BCUT2D eigenvalue weighted by Gasteiger charge is -1.98. The van der Waals surface area contributed by atoms with Gasteiger partial charge in [-0.2, -0.15) is 9.98 Å². The molecule has 0 saturated carbocycles. The molecule has 0 atom stereocenters. The van der Waals surface area contributed by atoms with Gasteiger partial charge in [0, 0.05) is 0 Å². The first kappa shape index (κ1) is 7.12. The molecule has 0 aromatic carbocycles. The summed E-state index contributed by atoms with van der Waals surface area (Å²) < 4.78 is 0. The van der Waals surface area contributed by atoms with Gasteiger partial charge >= 0.3 is 6.03 Å². The number of carbonyl (C=O) groups is 1. The molecule has 0 saturated heterocycles. The summed E-state index contributed by atoms with van der Waals surface area (Å²) in [6.07, 6.45) is 2.39. The lowest BCUT2D eigenvalue weighted by Crippen LogP contribution is -2.01. The molecule has 0 spiro atoms. The molecule has 10 heavy (non-hydrogen) atoms. The highest BCUT2D eigenvalue weighted by Crippen LogP contribution is 2.04. The van der Waals surface area contributed by atoms with Crippen LogP contribution >= 0.6 is 0 Å². The maximum atomic E-state index is 10.4. The standard InChI is InChI=1S/C7H10N2O/c1-5(2)3-6-4-8-7(10)9-6/h4-5H,3H2,1-2H3. The first-order valence-corrected chi connectivity index (χ1v) is 3.34. The van der Waals surface area contributed by atoms with Crippen LogP contribution in [0.3, 0.4) is 0 Å². The number of nitrogens with zero attached hydrogens (tertiary/aromatic N) is 2. The predicted octanol–water partition coefficient (Wildman–Crippen LogP) is 1.68. The quantitative estimate of drug-likeness (QED) is 0.572. The number of carbonyl (C=O) groups excluding carboxylic acids is 1. The number of amides is 2. The molecule has 54 valence electrons. The van der Waals surface area contributed by atoms with Gasteiger partial charge in [0.1, 0.15) is 0 Å². The van der Waals surface area contributed by atoms with E-state index in [4.69, 9.17) is 0 Å². The zero-order valence-corrected chi connectivity index (χ0v) is 6.16. The summed E-state index contributed by atoms with van der Waals surface area (Å²) >= 11 is 0. The van der Waals surface area contributed by atoms with Crippen molar-refractivity contribution in [2.45, 2.75) is 20.3 Å². The molecule has 0 unspecified atom stereocenters. The first-order chi connectivity index (χ1) is 4.68. The highest BCUT2D eigenvalue weighted by molar-refractivity contribution is 6.37. The second kappa shape index (κ2) is 2.73. The third-order valence-electron chi connectivity index (χ3n) is 1.18. The molecule has 2 amide bonds. The van der Waals surface area contributed by atoms with Crippen molar-refractivity contribution in [1.29, 1.82) is 0 Å². The summed E-state index contributed by atoms with van der Waals surface area (Å²) in [4.78, 5) is 17.6. The fourth-order valence-electron chi connectivity index (χ4n) is 0.827. The molecular formula is C7H10N2O. The summed E-state index contributed by atoms with van der Waals surface area (Å²) in [5.41, 5.74) is 0.806. The van der Waals surface area contributed by atoms with Gasteiger partial charge in [0.2, 0.25) is 0 Å². The van der Waals surface area contributed by atoms with Crippen LogP contribution in [0.15, 0.2) is 9.98 Å². The number of urea groups is 1. The fourth-order valence-corrected chi connectivity index (χ4v) is 0.827. The number of hydrogen-bond acceptors (Lipinski definition) is 1. The van der Waals surface area contributed by atoms with Crippen molar-refractivity contribution >= 4 is 18.0 Å². The summed E-state index contributed by atoms with van der Waals surface area (Å²) in [7, 11) is 0. The summed E-state index contributed by atoms with van der Waals surface area (Å²) in [5, 5.41) is 0. The van der Waals surface area contributed by atoms with Crippen molar-refractivity contribution in [2.75, 3.05) is 0 Å². The van der Waals surface area contributed by atoms with E-state index < -0.39 is 0 Å². The molecule has 0 aromatic heterocycles. The highest BCUT2D eigenvalue weighted by atomic mass is 16.2. The van der Waals surface area contributed by atoms with E-state index in [2.05, 4.69) is 23.8 Å². The molecule has 1 heterocycles. The molecule has 1 rings (SSSR count). The van der Waals surface area contributed by atoms with Crippen LogP contribution in [0.25, 0.3) is 0 Å². The van der Waals surface area contributed by atoms with Crippen LogP contribution in [-0.4, -0.2) is 18.0 Å². The Bertz CT molecular complexity index is 204. The van der Waals surface area contributed by atoms with E-state index in [1.807, 2.05) is 0 Å². The van der Waals surface area contributed by atoms with Crippen LogP contribution in [-0.2, 0) is 0 Å². The van der Waals surface area contributed by atoms with Crippen molar-refractivity contribution < 1.29 is 4.79 Å². The zero-order valence-electron chi connectivity index (χ0n) is 6.16. The molecule has 0 radical (unpaired) electrons. The van der Waals surface area contributed by atoms with Crippen LogP contribution in [0.1, 0.15) is 20.3 Å². The van der Waals surface area contributed by atoms with Crippen LogP contribution in [0.2, 0.25) is 0 Å². The van der Waals surface area contributed by atoms with E-state index in [0.29, 0.717) is 5.92 Å². The average Bonchev–Trinajstić information content (AvgIpc) is 2.13. The van der Waals surface area contributed by atoms with E-state index in [0.717, 1.165) is 12.1 Å². The molecule has 0 bridgehead atoms. The van der Waals surface area contributed by atoms with Gasteiger partial charge in [-0.15, -0.1) is 0 Å². The third kappa shape index (κ3) is 1.76. The van der Waals surface area contributed by atoms with Crippen molar-refractivity contribution in [3.8, 4) is 0 Å². The molecule has 1 aliphatic rings. The molecule has 0 N–H and O–H groups in total. The molecule has 3 nitrogen and oxygen atoms in total. The van der Waals surface area contributed by atoms with E-state index in [1.165, 1.54) is 0 Å². The Morgan fingerprint density at radius 3 is 2.70 bits per heavy atom. The summed E-state index contributed by atoms with van der Waals surface area (Å²) in [6, 6.07) is -0.365. The Balaban J connectivity index is 2.52. The Morgan fingerprint density at radius 2 is 2.30 bits per heavy atom. The normalized spacial score (nSPS) is 16.7. The molecule has 0 fully saturated rings. The minimum Gasteiger partial charge on any atom is -0.244 e. The van der Waals surface area contributed by atoms with E-state index in [-0.39, 0.29) is 6.03 Å². The van der Waals surface area contributed by atoms with Gasteiger partial charge < -0.3 is 0 Å². The lowest BCUT2D eigenvalue weighted by molar-refractivity contribution is 0.257. The van der Waals surface area contributed by atoms with E-state index in [1.54, 1.807) is 6.21 Å². The van der Waals surface area contributed by atoms with Crippen LogP contribution < -0.4 is 0 Å². The van der Waals surface area contributed by atoms with Gasteiger partial charge in [0.25, 0.3) is 0 Å². The Hall–Kier alpha value is -0.990. The molecule has 0 aliphatic carbocycles. The predicted molar refractivity (Wildman–Crippen MR) is 40.8 cm³/mol. The van der Waals surface area contributed by atoms with Crippen molar-refractivity contribution in [2.24, 2.45) is 15.9 Å². The van der Waals surface area contributed by atoms with Crippen molar-refractivity contribution in [1.82, 2.24) is 0 Å². The smallest absolute Gasteiger partial charge is 0.244 e. The van der Waals surface area contributed by atoms with Gasteiger partial charge in [-0.3, -0.25) is 0 Å². The highest BCUT2D eigenvalue weighted by Gasteiger charge is 2.08. The maximum Gasteiger partial charge on any atom is 0.367 e. The molecule has 3 heteroatoms. The minimum absolute atomic E-state index is 0.365. The van der Waals surface area contributed by atoms with Gasteiger partial charge in [-0.05, 0) is 12.3 Å². The fraction of sp³-hybridized carbons (Fsp3) is 0.571. The van der Waals surface area contributed by atoms with Crippen LogP contribution in [0.4, 0.5) is 4.79 Å². The monoisotopic (exact) mass is 138 g/mol. The largest absolute Gasteiger partial charge is 0.367 e. The van der Waals surface area contributed by atoms with Gasteiger partial charge in [0.05, 0.1) is 11.9 Å². The minimum atomic E-state index is -0.365.